The number of amides is 1. The summed E-state index contributed by atoms with van der Waals surface area (Å²) >= 11 is 0. The Morgan fingerprint density at radius 2 is 1.93 bits per heavy atom. The summed E-state index contributed by atoms with van der Waals surface area (Å²) in [6.45, 7) is 7.44. The zero-order chi connectivity index (χ0) is 20.3. The molecule has 0 saturated carbocycles. The van der Waals surface area contributed by atoms with Gasteiger partial charge in [0.05, 0.1) is 5.69 Å². The molecule has 7 nitrogen and oxygen atoms in total. The molecule has 3 rings (SSSR count). The first kappa shape index (κ1) is 19.5. The Labute approximate surface area is 163 Å². The Kier molecular flexibility index (Phi) is 5.73. The molecule has 1 N–H and O–H groups in total. The highest BCUT2D eigenvalue weighted by Crippen LogP contribution is 2.17. The predicted molar refractivity (Wildman–Crippen MR) is 106 cm³/mol. The zero-order valence-electron chi connectivity index (χ0n) is 16.6. The maximum absolute atomic E-state index is 12.1. The first-order valence-corrected chi connectivity index (χ1v) is 9.18. The van der Waals surface area contributed by atoms with E-state index in [-0.39, 0.29) is 18.9 Å². The van der Waals surface area contributed by atoms with Crippen LogP contribution in [0.1, 0.15) is 34.6 Å². The first-order chi connectivity index (χ1) is 13.3. The Bertz CT molecular complexity index is 1040. The van der Waals surface area contributed by atoms with Crippen molar-refractivity contribution in [3.8, 4) is 0 Å². The van der Waals surface area contributed by atoms with E-state index < -0.39 is 5.97 Å². The number of nitrogens with one attached hydrogen (secondary N) is 1. The number of benzene rings is 1. The maximum Gasteiger partial charge on any atom is 0.306 e. The lowest BCUT2D eigenvalue weighted by Crippen LogP contribution is -2.21. The summed E-state index contributed by atoms with van der Waals surface area (Å²) in [6.07, 6.45) is 0.657. The minimum atomic E-state index is -0.421. The molecule has 146 valence electrons. The standard InChI is InChI=1S/C21H24N4O3/c1-13-6-5-7-17(10-13)23-20(26)12-28-21(27)9-8-18-15(3)22-19-11-14(2)24-25(19)16(18)4/h5-7,10-11H,8-9,12H2,1-4H3,(H,23,26). The number of aryl methyl sites for hydroxylation is 4. The molecule has 2 aromatic heterocycles. The number of hydrogen-bond donors (Lipinski definition) is 1. The largest absolute Gasteiger partial charge is 0.456 e. The summed E-state index contributed by atoms with van der Waals surface area (Å²) in [5.41, 5.74) is 6.21. The van der Waals surface area contributed by atoms with Crippen molar-refractivity contribution in [2.75, 3.05) is 11.9 Å². The maximum atomic E-state index is 12.1. The van der Waals surface area contributed by atoms with Gasteiger partial charge in [0, 0.05) is 29.6 Å². The fourth-order valence-corrected chi connectivity index (χ4v) is 3.17. The molecular weight excluding hydrogens is 356 g/mol. The molecular formula is C21H24N4O3. The number of carbonyl (C=O) groups is 2. The van der Waals surface area contributed by atoms with Crippen LogP contribution in [-0.4, -0.2) is 33.1 Å². The van der Waals surface area contributed by atoms with E-state index >= 15 is 0 Å². The molecule has 1 amide bonds. The van der Waals surface area contributed by atoms with E-state index in [9.17, 15) is 9.59 Å². The fourth-order valence-electron chi connectivity index (χ4n) is 3.17. The van der Waals surface area contributed by atoms with Crippen molar-refractivity contribution in [1.29, 1.82) is 0 Å². The number of nitrogens with zero attached hydrogens (tertiary/aromatic N) is 3. The van der Waals surface area contributed by atoms with Crippen LogP contribution in [0.2, 0.25) is 0 Å². The average molecular weight is 380 g/mol. The van der Waals surface area contributed by atoms with Gasteiger partial charge in [0.25, 0.3) is 5.91 Å². The minimum absolute atomic E-state index is 0.173. The Morgan fingerprint density at radius 1 is 1.14 bits per heavy atom. The normalized spacial score (nSPS) is 10.9. The molecule has 0 unspecified atom stereocenters. The van der Waals surface area contributed by atoms with Crippen LogP contribution in [0.5, 0.6) is 0 Å². The quantitative estimate of drug-likeness (QED) is 0.664. The third-order valence-corrected chi connectivity index (χ3v) is 4.53. The molecule has 3 aromatic rings. The molecule has 0 bridgehead atoms. The third kappa shape index (κ3) is 4.54. The van der Waals surface area contributed by atoms with Crippen LogP contribution >= 0.6 is 0 Å². The van der Waals surface area contributed by atoms with E-state index in [0.717, 1.165) is 33.9 Å². The van der Waals surface area contributed by atoms with Crippen LogP contribution in [0.4, 0.5) is 5.69 Å². The van der Waals surface area contributed by atoms with Gasteiger partial charge in [0.2, 0.25) is 0 Å². The van der Waals surface area contributed by atoms with Gasteiger partial charge in [0.1, 0.15) is 0 Å². The SMILES string of the molecule is Cc1cccc(NC(=O)COC(=O)CCc2c(C)nc3cc(C)nn3c2C)c1. The number of anilines is 1. The number of hydrogen-bond acceptors (Lipinski definition) is 5. The monoisotopic (exact) mass is 380 g/mol. The second kappa shape index (κ2) is 8.21. The van der Waals surface area contributed by atoms with Gasteiger partial charge >= 0.3 is 5.97 Å². The minimum Gasteiger partial charge on any atom is -0.456 e. The molecule has 0 aliphatic carbocycles. The van der Waals surface area contributed by atoms with Gasteiger partial charge in [-0.1, -0.05) is 12.1 Å². The molecule has 0 fully saturated rings. The van der Waals surface area contributed by atoms with Gasteiger partial charge in [-0.15, -0.1) is 0 Å². The van der Waals surface area contributed by atoms with Gasteiger partial charge in [-0.2, -0.15) is 5.10 Å². The average Bonchev–Trinajstić information content (AvgIpc) is 3.00. The van der Waals surface area contributed by atoms with Crippen LogP contribution < -0.4 is 5.32 Å². The van der Waals surface area contributed by atoms with Crippen molar-refractivity contribution in [2.45, 2.75) is 40.5 Å². The van der Waals surface area contributed by atoms with Crippen molar-refractivity contribution in [1.82, 2.24) is 14.6 Å². The fraction of sp³-hybridized carbons (Fsp3) is 0.333. The van der Waals surface area contributed by atoms with E-state index in [4.69, 9.17) is 4.74 Å². The van der Waals surface area contributed by atoms with E-state index in [0.29, 0.717) is 12.1 Å². The van der Waals surface area contributed by atoms with Crippen molar-refractivity contribution < 1.29 is 14.3 Å². The summed E-state index contributed by atoms with van der Waals surface area (Å²) in [6, 6.07) is 9.36. The van der Waals surface area contributed by atoms with E-state index in [1.165, 1.54) is 0 Å². The molecule has 0 saturated heterocycles. The van der Waals surface area contributed by atoms with Gasteiger partial charge < -0.3 is 10.1 Å². The topological polar surface area (TPSA) is 85.6 Å². The van der Waals surface area contributed by atoms with Gasteiger partial charge in [-0.25, -0.2) is 9.50 Å². The number of ether oxygens (including phenoxy) is 1. The van der Waals surface area contributed by atoms with Crippen LogP contribution in [0, 0.1) is 27.7 Å². The number of aromatic nitrogens is 3. The molecule has 0 aliphatic rings. The highest BCUT2D eigenvalue weighted by atomic mass is 16.5. The molecule has 0 atom stereocenters. The highest BCUT2D eigenvalue weighted by molar-refractivity contribution is 5.92. The van der Waals surface area contributed by atoms with Crippen LogP contribution in [-0.2, 0) is 20.7 Å². The van der Waals surface area contributed by atoms with E-state index in [1.54, 1.807) is 10.6 Å². The Morgan fingerprint density at radius 3 is 2.68 bits per heavy atom. The van der Waals surface area contributed by atoms with Crippen molar-refractivity contribution in [2.24, 2.45) is 0 Å². The molecule has 0 spiro atoms. The molecule has 7 heteroatoms. The summed E-state index contributed by atoms with van der Waals surface area (Å²) < 4.78 is 6.90. The lowest BCUT2D eigenvalue weighted by molar-refractivity contribution is -0.147. The summed E-state index contributed by atoms with van der Waals surface area (Å²) in [5.74, 6) is -0.781. The molecule has 28 heavy (non-hydrogen) atoms. The van der Waals surface area contributed by atoms with E-state index in [2.05, 4.69) is 15.4 Å². The Hall–Kier alpha value is -3.22. The third-order valence-electron chi connectivity index (χ3n) is 4.53. The van der Waals surface area contributed by atoms with E-state index in [1.807, 2.05) is 52.0 Å². The van der Waals surface area contributed by atoms with Crippen LogP contribution in [0.25, 0.3) is 5.65 Å². The number of rotatable bonds is 6. The predicted octanol–water partition coefficient (Wildman–Crippen LogP) is 3.08. The van der Waals surface area contributed by atoms with Gasteiger partial charge in [0.15, 0.2) is 12.3 Å². The smallest absolute Gasteiger partial charge is 0.306 e. The lowest BCUT2D eigenvalue weighted by Gasteiger charge is -2.11. The highest BCUT2D eigenvalue weighted by Gasteiger charge is 2.14. The summed E-state index contributed by atoms with van der Waals surface area (Å²) in [4.78, 5) is 28.6. The molecule has 2 heterocycles. The van der Waals surface area contributed by atoms with Gasteiger partial charge in [-0.05, 0) is 57.4 Å². The second-order valence-corrected chi connectivity index (χ2v) is 6.90. The zero-order valence-corrected chi connectivity index (χ0v) is 16.6. The first-order valence-electron chi connectivity index (χ1n) is 9.18. The molecule has 1 aromatic carbocycles. The van der Waals surface area contributed by atoms with Crippen LogP contribution in [0.3, 0.4) is 0 Å². The molecule has 0 radical (unpaired) electrons. The second-order valence-electron chi connectivity index (χ2n) is 6.90. The Balaban J connectivity index is 1.54. The number of fused-ring (bicyclic) bond motifs is 1. The van der Waals surface area contributed by atoms with Crippen LogP contribution in [0.15, 0.2) is 30.3 Å². The van der Waals surface area contributed by atoms with Crippen molar-refractivity contribution in [3.63, 3.8) is 0 Å². The van der Waals surface area contributed by atoms with Crippen molar-refractivity contribution >= 4 is 23.2 Å². The van der Waals surface area contributed by atoms with Crippen molar-refractivity contribution in [3.05, 3.63) is 58.5 Å². The van der Waals surface area contributed by atoms with Gasteiger partial charge in [-0.3, -0.25) is 9.59 Å². The summed E-state index contributed by atoms with van der Waals surface area (Å²) in [7, 11) is 0. The number of esters is 1. The summed E-state index contributed by atoms with van der Waals surface area (Å²) in [5, 5.41) is 7.15. The number of carbonyl (C=O) groups excluding carboxylic acids is 2. The lowest BCUT2D eigenvalue weighted by atomic mass is 10.1. The molecule has 0 aliphatic heterocycles.